The highest BCUT2D eigenvalue weighted by Gasteiger charge is 2.29. The Morgan fingerprint density at radius 2 is 2.08 bits per heavy atom. The molecule has 0 radical (unpaired) electrons. The lowest BCUT2D eigenvalue weighted by Crippen LogP contribution is -2.40. The number of nitrogens with zero attached hydrogens (tertiary/aromatic N) is 2. The van der Waals surface area contributed by atoms with Crippen LogP contribution >= 0.6 is 0 Å². The summed E-state index contributed by atoms with van der Waals surface area (Å²) in [6.45, 7) is 4.54. The molecule has 1 aromatic carbocycles. The Labute approximate surface area is 155 Å². The van der Waals surface area contributed by atoms with Crippen LogP contribution in [0.3, 0.4) is 0 Å². The minimum absolute atomic E-state index is 0.000497. The SMILES string of the molecule is COc1cccc(CN2CCC([C@@H](NC(C)=O)c3ccccn3)CC2)c1. The van der Waals surface area contributed by atoms with Crippen molar-refractivity contribution >= 4 is 5.91 Å². The van der Waals surface area contributed by atoms with Gasteiger partial charge in [-0.2, -0.15) is 0 Å². The summed E-state index contributed by atoms with van der Waals surface area (Å²) in [4.78, 5) is 18.6. The lowest BCUT2D eigenvalue weighted by Gasteiger charge is -2.36. The molecule has 0 unspecified atom stereocenters. The third-order valence-corrected chi connectivity index (χ3v) is 5.01. The number of hydrogen-bond acceptors (Lipinski definition) is 4. The van der Waals surface area contributed by atoms with E-state index in [1.54, 1.807) is 20.2 Å². The molecule has 1 aliphatic heterocycles. The number of likely N-dealkylation sites (tertiary alicyclic amines) is 1. The summed E-state index contributed by atoms with van der Waals surface area (Å²) in [5.74, 6) is 1.31. The average molecular weight is 353 g/mol. The van der Waals surface area contributed by atoms with E-state index in [4.69, 9.17) is 4.74 Å². The number of aromatic nitrogens is 1. The molecule has 5 nitrogen and oxygen atoms in total. The zero-order valence-corrected chi connectivity index (χ0v) is 15.5. The summed E-state index contributed by atoms with van der Waals surface area (Å²) in [6, 6.07) is 14.1. The molecule has 0 saturated carbocycles. The first-order chi connectivity index (χ1) is 12.7. The summed E-state index contributed by atoms with van der Waals surface area (Å²) in [6.07, 6.45) is 3.89. The van der Waals surface area contributed by atoms with Crippen molar-refractivity contribution in [2.75, 3.05) is 20.2 Å². The predicted octanol–water partition coefficient (Wildman–Crippen LogP) is 3.18. The normalized spacial score (nSPS) is 16.8. The zero-order valence-electron chi connectivity index (χ0n) is 15.5. The first-order valence-corrected chi connectivity index (χ1v) is 9.19. The quantitative estimate of drug-likeness (QED) is 0.867. The summed E-state index contributed by atoms with van der Waals surface area (Å²) < 4.78 is 5.31. The number of methoxy groups -OCH3 is 1. The molecule has 0 aliphatic carbocycles. The van der Waals surface area contributed by atoms with Crippen molar-refractivity contribution in [3.8, 4) is 5.75 Å². The highest BCUT2D eigenvalue weighted by Crippen LogP contribution is 2.30. The van der Waals surface area contributed by atoms with Gasteiger partial charge in [0.05, 0.1) is 18.8 Å². The molecule has 2 aromatic rings. The molecule has 1 atom stereocenters. The van der Waals surface area contributed by atoms with Gasteiger partial charge in [-0.25, -0.2) is 0 Å². The molecule has 26 heavy (non-hydrogen) atoms. The fraction of sp³-hybridized carbons (Fsp3) is 0.429. The minimum atomic E-state index is -0.00679. The molecule has 1 aromatic heterocycles. The molecule has 3 rings (SSSR count). The van der Waals surface area contributed by atoms with Crippen molar-refractivity contribution in [1.82, 2.24) is 15.2 Å². The minimum Gasteiger partial charge on any atom is -0.497 e. The van der Waals surface area contributed by atoms with Crippen LogP contribution in [-0.4, -0.2) is 36.0 Å². The summed E-state index contributed by atoms with van der Waals surface area (Å²) in [5.41, 5.74) is 2.22. The van der Waals surface area contributed by atoms with Gasteiger partial charge in [0.2, 0.25) is 5.91 Å². The van der Waals surface area contributed by atoms with E-state index >= 15 is 0 Å². The van der Waals surface area contributed by atoms with Crippen LogP contribution in [0, 0.1) is 5.92 Å². The van der Waals surface area contributed by atoms with Gasteiger partial charge in [-0.1, -0.05) is 18.2 Å². The topological polar surface area (TPSA) is 54.5 Å². The number of hydrogen-bond donors (Lipinski definition) is 1. The molecule has 1 fully saturated rings. The molecule has 1 N–H and O–H groups in total. The van der Waals surface area contributed by atoms with Gasteiger partial charge in [0.25, 0.3) is 0 Å². The third kappa shape index (κ3) is 4.82. The van der Waals surface area contributed by atoms with Gasteiger partial charge in [-0.05, 0) is 61.7 Å². The molecular formula is C21H27N3O2. The van der Waals surface area contributed by atoms with Crippen molar-refractivity contribution in [2.24, 2.45) is 5.92 Å². The molecule has 138 valence electrons. The fourth-order valence-corrected chi connectivity index (χ4v) is 3.69. The standard InChI is InChI=1S/C21H27N3O2/c1-16(25)23-21(20-8-3-4-11-22-20)18-9-12-24(13-10-18)15-17-6-5-7-19(14-17)26-2/h3-8,11,14,18,21H,9-10,12-13,15H2,1-2H3,(H,23,25)/t21-/m1/s1. The Balaban J connectivity index is 1.61. The Kier molecular flexibility index (Phi) is 6.23. The first-order valence-electron chi connectivity index (χ1n) is 9.19. The number of benzene rings is 1. The van der Waals surface area contributed by atoms with Crippen molar-refractivity contribution in [1.29, 1.82) is 0 Å². The molecule has 0 bridgehead atoms. The maximum Gasteiger partial charge on any atom is 0.217 e. The van der Waals surface area contributed by atoms with Gasteiger partial charge in [-0.15, -0.1) is 0 Å². The monoisotopic (exact) mass is 353 g/mol. The Hall–Kier alpha value is -2.40. The van der Waals surface area contributed by atoms with Crippen LogP contribution in [0.25, 0.3) is 0 Å². The number of rotatable bonds is 6. The van der Waals surface area contributed by atoms with Crippen molar-refractivity contribution in [3.05, 3.63) is 59.9 Å². The van der Waals surface area contributed by atoms with Crippen molar-refractivity contribution in [2.45, 2.75) is 32.4 Å². The molecule has 1 aliphatic rings. The van der Waals surface area contributed by atoms with E-state index in [1.165, 1.54) is 5.56 Å². The van der Waals surface area contributed by atoms with E-state index < -0.39 is 0 Å². The lowest BCUT2D eigenvalue weighted by molar-refractivity contribution is -0.120. The number of ether oxygens (including phenoxy) is 1. The second-order valence-corrected chi connectivity index (χ2v) is 6.90. The first kappa shape index (κ1) is 18.4. The predicted molar refractivity (Wildman–Crippen MR) is 102 cm³/mol. The van der Waals surface area contributed by atoms with E-state index in [0.29, 0.717) is 5.92 Å². The summed E-state index contributed by atoms with van der Waals surface area (Å²) in [5, 5.41) is 3.11. The second kappa shape index (κ2) is 8.81. The fourth-order valence-electron chi connectivity index (χ4n) is 3.69. The maximum atomic E-state index is 11.7. The van der Waals surface area contributed by atoms with Crippen LogP contribution in [-0.2, 0) is 11.3 Å². The second-order valence-electron chi connectivity index (χ2n) is 6.90. The largest absolute Gasteiger partial charge is 0.497 e. The molecule has 0 spiro atoms. The van der Waals surface area contributed by atoms with E-state index in [-0.39, 0.29) is 11.9 Å². The van der Waals surface area contributed by atoms with Gasteiger partial charge in [0, 0.05) is 19.7 Å². The smallest absolute Gasteiger partial charge is 0.217 e. The van der Waals surface area contributed by atoms with Gasteiger partial charge in [-0.3, -0.25) is 14.7 Å². The molecule has 2 heterocycles. The van der Waals surface area contributed by atoms with Crippen LogP contribution in [0.1, 0.15) is 37.1 Å². The van der Waals surface area contributed by atoms with Crippen molar-refractivity contribution in [3.63, 3.8) is 0 Å². The number of nitrogens with one attached hydrogen (secondary N) is 1. The van der Waals surface area contributed by atoms with Gasteiger partial charge >= 0.3 is 0 Å². The van der Waals surface area contributed by atoms with E-state index in [2.05, 4.69) is 27.3 Å². The van der Waals surface area contributed by atoms with Crippen LogP contribution in [0.2, 0.25) is 0 Å². The van der Waals surface area contributed by atoms with Crippen LogP contribution in [0.15, 0.2) is 48.7 Å². The highest BCUT2D eigenvalue weighted by molar-refractivity contribution is 5.73. The Bertz CT molecular complexity index is 712. The summed E-state index contributed by atoms with van der Waals surface area (Å²) in [7, 11) is 1.70. The highest BCUT2D eigenvalue weighted by atomic mass is 16.5. The summed E-state index contributed by atoms with van der Waals surface area (Å²) >= 11 is 0. The number of piperidine rings is 1. The van der Waals surface area contributed by atoms with E-state index in [9.17, 15) is 4.79 Å². The number of carbonyl (C=O) groups is 1. The van der Waals surface area contributed by atoms with Gasteiger partial charge in [0.15, 0.2) is 0 Å². The Morgan fingerprint density at radius 3 is 2.73 bits per heavy atom. The zero-order chi connectivity index (χ0) is 18.4. The van der Waals surface area contributed by atoms with E-state index in [1.807, 2.05) is 30.3 Å². The average Bonchev–Trinajstić information content (AvgIpc) is 2.67. The van der Waals surface area contributed by atoms with Crippen molar-refractivity contribution < 1.29 is 9.53 Å². The van der Waals surface area contributed by atoms with Gasteiger partial charge in [0.1, 0.15) is 5.75 Å². The van der Waals surface area contributed by atoms with Crippen LogP contribution < -0.4 is 10.1 Å². The molecule has 1 saturated heterocycles. The Morgan fingerprint density at radius 1 is 1.27 bits per heavy atom. The molecule has 1 amide bonds. The number of pyridine rings is 1. The maximum absolute atomic E-state index is 11.7. The van der Waals surface area contributed by atoms with Gasteiger partial charge < -0.3 is 10.1 Å². The van der Waals surface area contributed by atoms with E-state index in [0.717, 1.165) is 43.9 Å². The number of carbonyl (C=O) groups excluding carboxylic acids is 1. The lowest BCUT2D eigenvalue weighted by atomic mass is 9.87. The third-order valence-electron chi connectivity index (χ3n) is 5.01. The van der Waals surface area contributed by atoms with Crippen LogP contribution in [0.5, 0.6) is 5.75 Å². The number of amides is 1. The van der Waals surface area contributed by atoms with Crippen LogP contribution in [0.4, 0.5) is 0 Å². The molecular weight excluding hydrogens is 326 g/mol. The molecule has 5 heteroatoms.